The lowest BCUT2D eigenvalue weighted by Gasteiger charge is -2.13. The van der Waals surface area contributed by atoms with Crippen molar-refractivity contribution in [2.24, 2.45) is 5.84 Å². The first-order valence-electron chi connectivity index (χ1n) is 5.29. The third kappa shape index (κ3) is 2.83. The normalized spacial score (nSPS) is 19.0. The van der Waals surface area contributed by atoms with Crippen LogP contribution in [-0.2, 0) is 4.74 Å². The maximum absolute atomic E-state index is 10.7. The summed E-state index contributed by atoms with van der Waals surface area (Å²) in [7, 11) is 0. The van der Waals surface area contributed by atoms with E-state index in [9.17, 15) is 10.1 Å². The predicted molar refractivity (Wildman–Crippen MR) is 63.8 cm³/mol. The van der Waals surface area contributed by atoms with E-state index in [1.165, 1.54) is 12.1 Å². The van der Waals surface area contributed by atoms with Crippen LogP contribution in [0.4, 0.5) is 17.1 Å². The quantitative estimate of drug-likeness (QED) is 0.412. The summed E-state index contributed by atoms with van der Waals surface area (Å²) in [5, 5.41) is 13.9. The lowest BCUT2D eigenvalue weighted by Crippen LogP contribution is -2.19. The highest BCUT2D eigenvalue weighted by Crippen LogP contribution is 2.25. The van der Waals surface area contributed by atoms with Gasteiger partial charge in [-0.2, -0.15) is 0 Å². The Balaban J connectivity index is 2.19. The Bertz CT molecular complexity index is 418. The molecule has 1 fully saturated rings. The maximum atomic E-state index is 10.7. The van der Waals surface area contributed by atoms with Crippen LogP contribution in [0.3, 0.4) is 0 Å². The van der Waals surface area contributed by atoms with Gasteiger partial charge in [0.05, 0.1) is 23.3 Å². The summed E-state index contributed by atoms with van der Waals surface area (Å²) in [6.45, 7) is 1.34. The number of nitrogens with one attached hydrogen (secondary N) is 2. The molecule has 1 aliphatic rings. The van der Waals surface area contributed by atoms with Crippen LogP contribution in [0.15, 0.2) is 18.2 Å². The van der Waals surface area contributed by atoms with Gasteiger partial charge in [-0.15, -0.1) is 0 Å². The standard InChI is InChI=1S/C10H14N4O3/c11-13-9-3-8(4-10(5-9)14(15)16)12-7-1-2-17-6-7/h3-5,7,12-13H,1-2,6,11H2. The number of nitrogen functional groups attached to an aromatic ring is 1. The lowest BCUT2D eigenvalue weighted by molar-refractivity contribution is -0.384. The minimum absolute atomic E-state index is 0.00173. The van der Waals surface area contributed by atoms with Crippen LogP contribution >= 0.6 is 0 Å². The number of hydrogen-bond acceptors (Lipinski definition) is 6. The fourth-order valence-electron chi connectivity index (χ4n) is 1.77. The molecule has 4 N–H and O–H groups in total. The number of nitrogens with two attached hydrogens (primary N) is 1. The molecular formula is C10H14N4O3. The van der Waals surface area contributed by atoms with Crippen LogP contribution in [0, 0.1) is 10.1 Å². The Labute approximate surface area is 98.1 Å². The first-order chi connectivity index (χ1) is 8.19. The molecule has 0 amide bonds. The molecule has 1 heterocycles. The second kappa shape index (κ2) is 4.98. The molecule has 92 valence electrons. The van der Waals surface area contributed by atoms with Gasteiger partial charge in [-0.05, 0) is 12.5 Å². The first-order valence-corrected chi connectivity index (χ1v) is 5.29. The summed E-state index contributed by atoms with van der Waals surface area (Å²) in [4.78, 5) is 10.3. The number of rotatable bonds is 4. The summed E-state index contributed by atoms with van der Waals surface area (Å²) in [5.74, 6) is 5.27. The largest absolute Gasteiger partial charge is 0.380 e. The SMILES string of the molecule is NNc1cc(NC2CCOC2)cc([N+](=O)[O-])c1. The summed E-state index contributed by atoms with van der Waals surface area (Å²) in [6, 6.07) is 4.79. The van der Waals surface area contributed by atoms with Crippen LogP contribution in [0.1, 0.15) is 6.42 Å². The van der Waals surface area contributed by atoms with Gasteiger partial charge in [-0.3, -0.25) is 16.0 Å². The molecule has 1 atom stereocenters. The highest BCUT2D eigenvalue weighted by atomic mass is 16.6. The number of nitro groups is 1. The topological polar surface area (TPSA) is 102 Å². The van der Waals surface area contributed by atoms with Gasteiger partial charge in [-0.1, -0.05) is 0 Å². The molecule has 0 spiro atoms. The molecule has 2 rings (SSSR count). The van der Waals surface area contributed by atoms with Crippen molar-refractivity contribution in [1.29, 1.82) is 0 Å². The molecule has 1 aliphatic heterocycles. The van der Waals surface area contributed by atoms with Gasteiger partial charge in [-0.25, -0.2) is 0 Å². The highest BCUT2D eigenvalue weighted by Gasteiger charge is 2.17. The van der Waals surface area contributed by atoms with Crippen molar-refractivity contribution in [2.45, 2.75) is 12.5 Å². The molecule has 1 aromatic rings. The molecule has 7 heteroatoms. The monoisotopic (exact) mass is 238 g/mol. The van der Waals surface area contributed by atoms with Gasteiger partial charge in [0.1, 0.15) is 0 Å². The zero-order valence-corrected chi connectivity index (χ0v) is 9.18. The minimum atomic E-state index is -0.447. The number of hydrazine groups is 1. The Morgan fingerprint density at radius 3 is 2.76 bits per heavy atom. The molecule has 0 aromatic heterocycles. The van der Waals surface area contributed by atoms with Crippen molar-refractivity contribution in [3.63, 3.8) is 0 Å². The van der Waals surface area contributed by atoms with Crippen LogP contribution in [0.2, 0.25) is 0 Å². The molecule has 1 saturated heterocycles. The van der Waals surface area contributed by atoms with Crippen molar-refractivity contribution in [1.82, 2.24) is 0 Å². The molecule has 1 unspecified atom stereocenters. The van der Waals surface area contributed by atoms with Crippen molar-refractivity contribution in [2.75, 3.05) is 24.0 Å². The van der Waals surface area contributed by atoms with Gasteiger partial charge < -0.3 is 15.5 Å². The highest BCUT2D eigenvalue weighted by molar-refractivity contribution is 5.63. The Kier molecular flexibility index (Phi) is 3.40. The van der Waals surface area contributed by atoms with E-state index in [1.807, 2.05) is 0 Å². The van der Waals surface area contributed by atoms with Gasteiger partial charge >= 0.3 is 0 Å². The summed E-state index contributed by atoms with van der Waals surface area (Å²) in [6.07, 6.45) is 0.897. The second-order valence-corrected chi connectivity index (χ2v) is 3.87. The van der Waals surface area contributed by atoms with E-state index in [4.69, 9.17) is 10.6 Å². The van der Waals surface area contributed by atoms with Crippen molar-refractivity contribution in [3.8, 4) is 0 Å². The Morgan fingerprint density at radius 1 is 1.41 bits per heavy atom. The van der Waals surface area contributed by atoms with E-state index in [2.05, 4.69) is 10.7 Å². The smallest absolute Gasteiger partial charge is 0.273 e. The first kappa shape index (κ1) is 11.6. The van der Waals surface area contributed by atoms with Crippen molar-refractivity contribution < 1.29 is 9.66 Å². The second-order valence-electron chi connectivity index (χ2n) is 3.87. The average Bonchev–Trinajstić information content (AvgIpc) is 2.81. The molecule has 0 saturated carbocycles. The van der Waals surface area contributed by atoms with Crippen molar-refractivity contribution >= 4 is 17.1 Å². The Hall–Kier alpha value is -1.86. The van der Waals surface area contributed by atoms with Gasteiger partial charge in [0.15, 0.2) is 0 Å². The van der Waals surface area contributed by atoms with Gasteiger partial charge in [0, 0.05) is 24.4 Å². The van der Waals surface area contributed by atoms with Crippen LogP contribution in [0.25, 0.3) is 0 Å². The summed E-state index contributed by atoms with van der Waals surface area (Å²) >= 11 is 0. The lowest BCUT2D eigenvalue weighted by atomic mass is 10.2. The molecule has 7 nitrogen and oxygen atoms in total. The number of nitro benzene ring substituents is 1. The molecule has 0 radical (unpaired) electrons. The van der Waals surface area contributed by atoms with Gasteiger partial charge in [0.2, 0.25) is 0 Å². The molecule has 17 heavy (non-hydrogen) atoms. The number of anilines is 2. The van der Waals surface area contributed by atoms with Crippen LogP contribution in [-0.4, -0.2) is 24.2 Å². The zero-order chi connectivity index (χ0) is 12.3. The number of non-ortho nitro benzene ring substituents is 1. The van der Waals surface area contributed by atoms with Gasteiger partial charge in [0.25, 0.3) is 5.69 Å². The third-order valence-corrected chi connectivity index (χ3v) is 2.60. The minimum Gasteiger partial charge on any atom is -0.380 e. The molecule has 0 bridgehead atoms. The van der Waals surface area contributed by atoms with E-state index in [-0.39, 0.29) is 11.7 Å². The fraction of sp³-hybridized carbons (Fsp3) is 0.400. The number of hydrogen-bond donors (Lipinski definition) is 3. The van der Waals surface area contributed by atoms with E-state index < -0.39 is 4.92 Å². The fourth-order valence-corrected chi connectivity index (χ4v) is 1.77. The van der Waals surface area contributed by atoms with Crippen LogP contribution in [0.5, 0.6) is 0 Å². The number of benzene rings is 1. The molecular weight excluding hydrogens is 224 g/mol. The van der Waals surface area contributed by atoms with E-state index >= 15 is 0 Å². The summed E-state index contributed by atoms with van der Waals surface area (Å²) < 4.78 is 5.23. The maximum Gasteiger partial charge on any atom is 0.273 e. The number of ether oxygens (including phenoxy) is 1. The molecule has 0 aliphatic carbocycles. The van der Waals surface area contributed by atoms with E-state index in [0.29, 0.717) is 24.6 Å². The van der Waals surface area contributed by atoms with Crippen molar-refractivity contribution in [3.05, 3.63) is 28.3 Å². The van der Waals surface area contributed by atoms with E-state index in [0.717, 1.165) is 6.42 Å². The third-order valence-electron chi connectivity index (χ3n) is 2.60. The average molecular weight is 238 g/mol. The zero-order valence-electron chi connectivity index (χ0n) is 9.18. The van der Waals surface area contributed by atoms with Crippen LogP contribution < -0.4 is 16.6 Å². The Morgan fingerprint density at radius 2 is 2.18 bits per heavy atom. The van der Waals surface area contributed by atoms with E-state index in [1.54, 1.807) is 6.07 Å². The summed E-state index contributed by atoms with van der Waals surface area (Å²) in [5.41, 5.74) is 3.58. The molecule has 1 aromatic carbocycles. The number of nitrogens with zero attached hydrogens (tertiary/aromatic N) is 1. The predicted octanol–water partition coefficient (Wildman–Crippen LogP) is 1.08.